The van der Waals surface area contributed by atoms with E-state index in [0.29, 0.717) is 12.2 Å². The van der Waals surface area contributed by atoms with Crippen molar-refractivity contribution in [2.24, 2.45) is 7.05 Å². The van der Waals surface area contributed by atoms with Crippen molar-refractivity contribution in [3.63, 3.8) is 0 Å². The number of hydrogen-bond donors (Lipinski definition) is 1. The van der Waals surface area contributed by atoms with Crippen molar-refractivity contribution in [2.75, 3.05) is 18.1 Å². The normalized spacial score (nSPS) is 26.2. The Morgan fingerprint density at radius 1 is 1.71 bits per heavy atom. The highest BCUT2D eigenvalue weighted by Crippen LogP contribution is 2.15. The van der Waals surface area contributed by atoms with Crippen LogP contribution in [-0.4, -0.2) is 36.2 Å². The molecule has 1 aliphatic rings. The minimum Gasteiger partial charge on any atom is -0.307 e. The van der Waals surface area contributed by atoms with Gasteiger partial charge in [-0.25, -0.2) is 8.42 Å². The molecule has 1 radical (unpaired) electrons. The number of hydrogen-bond acceptors (Lipinski definition) is 4. The average molecular weight is 214 g/mol. The number of sulfone groups is 1. The van der Waals surface area contributed by atoms with Gasteiger partial charge in [0, 0.05) is 25.9 Å². The number of aromatic nitrogens is 2. The molecule has 1 saturated heterocycles. The van der Waals surface area contributed by atoms with E-state index in [1.165, 1.54) is 0 Å². The Morgan fingerprint density at radius 2 is 2.50 bits per heavy atom. The molecule has 1 unspecified atom stereocenters. The van der Waals surface area contributed by atoms with Crippen LogP contribution in [-0.2, 0) is 16.9 Å². The first kappa shape index (κ1) is 9.67. The Balaban J connectivity index is 2.20. The second kappa shape index (κ2) is 3.36. The zero-order valence-corrected chi connectivity index (χ0v) is 8.71. The quantitative estimate of drug-likeness (QED) is 0.670. The van der Waals surface area contributed by atoms with Crippen LogP contribution < -0.4 is 5.32 Å². The average Bonchev–Trinajstić information content (AvgIpc) is 2.50. The summed E-state index contributed by atoms with van der Waals surface area (Å²) in [5.41, 5.74) is 0.677. The van der Waals surface area contributed by atoms with Crippen LogP contribution in [0.3, 0.4) is 0 Å². The molecule has 0 bridgehead atoms. The maximum atomic E-state index is 11.4. The highest BCUT2D eigenvalue weighted by molar-refractivity contribution is 7.91. The van der Waals surface area contributed by atoms with Gasteiger partial charge < -0.3 is 5.32 Å². The summed E-state index contributed by atoms with van der Waals surface area (Å²) >= 11 is 0. The lowest BCUT2D eigenvalue weighted by molar-refractivity contribution is 0.519. The van der Waals surface area contributed by atoms with E-state index in [4.69, 9.17) is 0 Å². The van der Waals surface area contributed by atoms with E-state index in [1.54, 1.807) is 17.9 Å². The van der Waals surface area contributed by atoms with Crippen LogP contribution in [0.25, 0.3) is 0 Å². The smallest absolute Gasteiger partial charge is 0.153 e. The summed E-state index contributed by atoms with van der Waals surface area (Å²) in [5.74, 6) is 0.344. The van der Waals surface area contributed by atoms with Crippen LogP contribution >= 0.6 is 0 Å². The lowest BCUT2D eigenvalue weighted by Crippen LogP contribution is -2.39. The second-order valence-electron chi connectivity index (χ2n) is 3.45. The Hall–Kier alpha value is -0.880. The van der Waals surface area contributed by atoms with Gasteiger partial charge in [-0.1, -0.05) is 0 Å². The van der Waals surface area contributed by atoms with Crippen LogP contribution in [0.5, 0.6) is 0 Å². The number of rotatable bonds is 1. The zero-order valence-electron chi connectivity index (χ0n) is 7.90. The van der Waals surface area contributed by atoms with Crippen molar-refractivity contribution < 1.29 is 8.42 Å². The molecule has 0 amide bonds. The molecule has 5 nitrogen and oxygen atoms in total. The van der Waals surface area contributed by atoms with E-state index in [1.807, 2.05) is 0 Å². The largest absolute Gasteiger partial charge is 0.307 e. The fraction of sp³-hybridized carbons (Fsp3) is 0.625. The van der Waals surface area contributed by atoms with Crippen molar-refractivity contribution in [3.05, 3.63) is 18.0 Å². The first-order valence-corrected chi connectivity index (χ1v) is 6.24. The van der Waals surface area contributed by atoms with Gasteiger partial charge in [0.25, 0.3) is 0 Å². The van der Waals surface area contributed by atoms with Crippen LogP contribution in [0.4, 0.5) is 0 Å². The highest BCUT2D eigenvalue weighted by Gasteiger charge is 2.26. The number of nitrogens with one attached hydrogen (secondary N) is 1. The topological polar surface area (TPSA) is 64.0 Å². The predicted molar refractivity (Wildman–Crippen MR) is 51.4 cm³/mol. The molecule has 0 aromatic carbocycles. The molecule has 77 valence electrons. The summed E-state index contributed by atoms with van der Waals surface area (Å²) in [4.78, 5) is 0. The van der Waals surface area contributed by atoms with Gasteiger partial charge in [0.2, 0.25) is 0 Å². The van der Waals surface area contributed by atoms with Gasteiger partial charge in [-0.2, -0.15) is 5.10 Å². The van der Waals surface area contributed by atoms with E-state index in [9.17, 15) is 8.42 Å². The molecule has 6 heteroatoms. The second-order valence-corrected chi connectivity index (χ2v) is 5.68. The SMILES string of the molecule is Cn1c[c]c(C2CS(=O)(=O)CCN2)n1. The van der Waals surface area contributed by atoms with E-state index in [2.05, 4.69) is 16.5 Å². The van der Waals surface area contributed by atoms with Crippen molar-refractivity contribution >= 4 is 9.84 Å². The van der Waals surface area contributed by atoms with Gasteiger partial charge in [-0.3, -0.25) is 4.68 Å². The summed E-state index contributed by atoms with van der Waals surface area (Å²) in [6, 6.07) is 2.74. The van der Waals surface area contributed by atoms with Crippen LogP contribution in [0.15, 0.2) is 6.20 Å². The third-order valence-corrected chi connectivity index (χ3v) is 3.89. The van der Waals surface area contributed by atoms with Crippen LogP contribution in [0.2, 0.25) is 0 Å². The zero-order chi connectivity index (χ0) is 10.2. The molecule has 1 fully saturated rings. The molecule has 2 heterocycles. The van der Waals surface area contributed by atoms with Gasteiger partial charge >= 0.3 is 0 Å². The molecular formula is C8H12N3O2S. The standard InChI is InChI=1S/C8H12N3O2S/c1-11-4-2-7(10-11)8-6-14(12,13)5-3-9-8/h4,8-9H,3,5-6H2,1H3. The predicted octanol–water partition coefficient (Wildman–Crippen LogP) is -0.721. The molecule has 1 aliphatic heterocycles. The van der Waals surface area contributed by atoms with Crippen molar-refractivity contribution in [2.45, 2.75) is 6.04 Å². The highest BCUT2D eigenvalue weighted by atomic mass is 32.2. The molecule has 0 spiro atoms. The summed E-state index contributed by atoms with van der Waals surface area (Å²) in [7, 11) is -1.11. The van der Waals surface area contributed by atoms with Crippen LogP contribution in [0, 0.1) is 6.07 Å². The molecule has 0 saturated carbocycles. The van der Waals surface area contributed by atoms with Crippen molar-refractivity contribution in [3.8, 4) is 0 Å². The summed E-state index contributed by atoms with van der Waals surface area (Å²) in [6.07, 6.45) is 1.69. The monoisotopic (exact) mass is 214 g/mol. The fourth-order valence-corrected chi connectivity index (χ4v) is 2.90. The summed E-state index contributed by atoms with van der Waals surface area (Å²) in [6.45, 7) is 0.497. The third-order valence-electron chi connectivity index (χ3n) is 2.22. The Bertz CT molecular complexity index is 424. The Morgan fingerprint density at radius 3 is 3.07 bits per heavy atom. The first-order valence-electron chi connectivity index (χ1n) is 4.42. The molecule has 1 N–H and O–H groups in total. The van der Waals surface area contributed by atoms with Gasteiger partial charge in [0.1, 0.15) is 0 Å². The molecule has 1 aromatic heterocycles. The first-order chi connectivity index (χ1) is 6.57. The molecule has 2 rings (SSSR count). The Labute approximate surface area is 83.0 Å². The van der Waals surface area contributed by atoms with Gasteiger partial charge in [-0.05, 0) is 0 Å². The van der Waals surface area contributed by atoms with Gasteiger partial charge in [-0.15, -0.1) is 0 Å². The summed E-state index contributed by atoms with van der Waals surface area (Å²) < 4.78 is 24.3. The maximum Gasteiger partial charge on any atom is 0.153 e. The van der Waals surface area contributed by atoms with E-state index in [-0.39, 0.29) is 17.5 Å². The summed E-state index contributed by atoms with van der Waals surface area (Å²) in [5, 5.41) is 7.25. The Kier molecular flexibility index (Phi) is 2.32. The minimum atomic E-state index is -2.90. The molecular weight excluding hydrogens is 202 g/mol. The van der Waals surface area contributed by atoms with E-state index in [0.717, 1.165) is 0 Å². The van der Waals surface area contributed by atoms with E-state index >= 15 is 0 Å². The lowest BCUT2D eigenvalue weighted by Gasteiger charge is -2.21. The maximum absolute atomic E-state index is 11.4. The van der Waals surface area contributed by atoms with Crippen molar-refractivity contribution in [1.29, 1.82) is 0 Å². The van der Waals surface area contributed by atoms with Crippen LogP contribution in [0.1, 0.15) is 11.7 Å². The fourth-order valence-electron chi connectivity index (χ4n) is 1.52. The number of nitrogens with zero attached hydrogens (tertiary/aromatic N) is 2. The molecule has 1 aromatic rings. The van der Waals surface area contributed by atoms with Gasteiger partial charge in [0.05, 0.1) is 23.2 Å². The number of aryl methyl sites for hydroxylation is 1. The molecule has 1 atom stereocenters. The van der Waals surface area contributed by atoms with Crippen molar-refractivity contribution in [1.82, 2.24) is 15.1 Å². The minimum absolute atomic E-state index is 0.126. The van der Waals surface area contributed by atoms with Gasteiger partial charge in [0.15, 0.2) is 9.84 Å². The third kappa shape index (κ3) is 1.96. The molecule has 0 aliphatic carbocycles. The molecule has 14 heavy (non-hydrogen) atoms. The lowest BCUT2D eigenvalue weighted by atomic mass is 10.2. The van der Waals surface area contributed by atoms with E-state index < -0.39 is 9.84 Å².